The number of fused-ring (bicyclic) bond motifs is 1. The van der Waals surface area contributed by atoms with Crippen molar-refractivity contribution < 1.29 is 18.9 Å². The van der Waals surface area contributed by atoms with Crippen LogP contribution in [-0.4, -0.2) is 24.4 Å². The summed E-state index contributed by atoms with van der Waals surface area (Å²) >= 11 is 3.57. The van der Waals surface area contributed by atoms with Crippen LogP contribution in [0.25, 0.3) is 11.3 Å². The van der Waals surface area contributed by atoms with Crippen molar-refractivity contribution in [1.29, 1.82) is 5.26 Å². The van der Waals surface area contributed by atoms with Crippen LogP contribution < -0.4 is 24.7 Å². The number of methoxy groups -OCH3 is 2. The van der Waals surface area contributed by atoms with Gasteiger partial charge in [-0.1, -0.05) is 46.3 Å². The molecule has 3 aromatic carbocycles. The molecule has 37 heavy (non-hydrogen) atoms. The molecule has 0 bridgehead atoms. The molecule has 186 valence electrons. The van der Waals surface area contributed by atoms with E-state index in [-0.39, 0.29) is 17.3 Å². The van der Waals surface area contributed by atoms with Gasteiger partial charge < -0.3 is 24.7 Å². The predicted octanol–water partition coefficient (Wildman–Crippen LogP) is 5.65. The lowest BCUT2D eigenvalue weighted by atomic mass is 9.82. The fourth-order valence-electron chi connectivity index (χ4n) is 4.38. The van der Waals surface area contributed by atoms with Gasteiger partial charge in [0.15, 0.2) is 0 Å². The highest BCUT2D eigenvalue weighted by atomic mass is 79.9. The molecule has 0 fully saturated rings. The maximum absolute atomic E-state index is 10.2. The second kappa shape index (κ2) is 10.3. The van der Waals surface area contributed by atoms with Crippen molar-refractivity contribution in [2.45, 2.75) is 12.5 Å². The number of allylic oxidation sites excluding steroid dienone is 1. The number of nitriles is 1. The van der Waals surface area contributed by atoms with Crippen molar-refractivity contribution in [1.82, 2.24) is 10.2 Å². The minimum Gasteiger partial charge on any atom is -0.497 e. The first-order valence-corrected chi connectivity index (χ1v) is 12.2. The molecule has 3 N–H and O–H groups in total. The van der Waals surface area contributed by atoms with E-state index in [1.165, 1.54) is 0 Å². The molecular formula is C28H23BrN4O4. The van der Waals surface area contributed by atoms with E-state index in [9.17, 15) is 5.26 Å². The molecule has 8 nitrogen and oxygen atoms in total. The van der Waals surface area contributed by atoms with E-state index in [1.54, 1.807) is 14.2 Å². The molecule has 1 aliphatic heterocycles. The van der Waals surface area contributed by atoms with Gasteiger partial charge in [0.25, 0.3) is 0 Å². The lowest BCUT2D eigenvalue weighted by molar-refractivity contribution is 0.301. The molecule has 2 heterocycles. The Labute approximate surface area is 222 Å². The Morgan fingerprint density at radius 3 is 2.57 bits per heavy atom. The summed E-state index contributed by atoms with van der Waals surface area (Å²) in [5.41, 5.74) is 10.2. The molecule has 9 heteroatoms. The van der Waals surface area contributed by atoms with Crippen molar-refractivity contribution in [3.05, 3.63) is 99.3 Å². The number of H-pyrrole nitrogens is 1. The maximum atomic E-state index is 10.2. The zero-order valence-electron chi connectivity index (χ0n) is 20.1. The van der Waals surface area contributed by atoms with Crippen LogP contribution in [0.1, 0.15) is 22.6 Å². The van der Waals surface area contributed by atoms with E-state index < -0.39 is 5.92 Å². The van der Waals surface area contributed by atoms with Gasteiger partial charge in [-0.25, -0.2) is 0 Å². The van der Waals surface area contributed by atoms with Crippen molar-refractivity contribution in [3.8, 4) is 40.5 Å². The summed E-state index contributed by atoms with van der Waals surface area (Å²) in [4.78, 5) is 0. The molecule has 1 aliphatic rings. The predicted molar refractivity (Wildman–Crippen MR) is 141 cm³/mol. The maximum Gasteiger partial charge on any atom is 0.244 e. The number of hydrogen-bond acceptors (Lipinski definition) is 7. The third kappa shape index (κ3) is 4.59. The first-order valence-electron chi connectivity index (χ1n) is 11.4. The van der Waals surface area contributed by atoms with Crippen LogP contribution in [-0.2, 0) is 6.61 Å². The summed E-state index contributed by atoms with van der Waals surface area (Å²) in [5.74, 6) is 1.48. The monoisotopic (exact) mass is 558 g/mol. The number of nitrogens with zero attached hydrogens (tertiary/aromatic N) is 2. The van der Waals surface area contributed by atoms with Gasteiger partial charge in [-0.2, -0.15) is 5.26 Å². The first kappa shape index (κ1) is 24.3. The summed E-state index contributed by atoms with van der Waals surface area (Å²) in [6.45, 7) is 0.356. The van der Waals surface area contributed by atoms with Crippen LogP contribution in [0.4, 0.5) is 0 Å². The van der Waals surface area contributed by atoms with Crippen LogP contribution in [0, 0.1) is 11.3 Å². The first-order chi connectivity index (χ1) is 18.0. The van der Waals surface area contributed by atoms with Crippen molar-refractivity contribution in [2.75, 3.05) is 14.2 Å². The molecule has 0 spiro atoms. The summed E-state index contributed by atoms with van der Waals surface area (Å²) in [6.07, 6.45) is 0. The second-order valence-corrected chi connectivity index (χ2v) is 9.18. The highest BCUT2D eigenvalue weighted by molar-refractivity contribution is 9.10. The van der Waals surface area contributed by atoms with Gasteiger partial charge in [-0.05, 0) is 42.0 Å². The smallest absolute Gasteiger partial charge is 0.244 e. The highest BCUT2D eigenvalue weighted by Gasteiger charge is 2.38. The summed E-state index contributed by atoms with van der Waals surface area (Å²) in [7, 11) is 3.18. The summed E-state index contributed by atoms with van der Waals surface area (Å²) in [5, 5.41) is 17.6. The Balaban J connectivity index is 1.69. The number of halogens is 1. The molecule has 0 aliphatic carbocycles. The number of hydrogen-bond donors (Lipinski definition) is 2. The molecular weight excluding hydrogens is 536 g/mol. The zero-order chi connectivity index (χ0) is 25.9. The van der Waals surface area contributed by atoms with Gasteiger partial charge in [0, 0.05) is 15.6 Å². The fourth-order valence-corrected chi connectivity index (χ4v) is 4.76. The third-order valence-corrected chi connectivity index (χ3v) is 6.63. The molecule has 0 saturated heterocycles. The van der Waals surface area contributed by atoms with Crippen molar-refractivity contribution in [3.63, 3.8) is 0 Å². The van der Waals surface area contributed by atoms with Crippen molar-refractivity contribution in [2.24, 2.45) is 5.73 Å². The second-order valence-electron chi connectivity index (χ2n) is 8.26. The average molecular weight is 559 g/mol. The van der Waals surface area contributed by atoms with Crippen LogP contribution in [0.5, 0.6) is 23.1 Å². The lowest BCUT2D eigenvalue weighted by Gasteiger charge is -2.26. The minimum atomic E-state index is -0.623. The Bertz CT molecular complexity index is 1530. The quantitative estimate of drug-likeness (QED) is 0.301. The van der Waals surface area contributed by atoms with E-state index in [2.05, 4.69) is 32.2 Å². The van der Waals surface area contributed by atoms with Crippen LogP contribution in [0.15, 0.2) is 82.7 Å². The number of aromatic nitrogens is 2. The fraction of sp³-hybridized carbons (Fsp3) is 0.143. The summed E-state index contributed by atoms with van der Waals surface area (Å²) in [6, 6.07) is 23.2. The Morgan fingerprint density at radius 1 is 1.05 bits per heavy atom. The molecule has 5 rings (SSSR count). The third-order valence-electron chi connectivity index (χ3n) is 6.13. The molecule has 0 unspecified atom stereocenters. The number of nitrogens with two attached hydrogens (primary N) is 1. The zero-order valence-corrected chi connectivity index (χ0v) is 21.7. The molecule has 1 aromatic heterocycles. The van der Waals surface area contributed by atoms with E-state index in [1.807, 2.05) is 66.7 Å². The number of nitrogens with one attached hydrogen (secondary N) is 1. The molecule has 0 saturated carbocycles. The number of aromatic amines is 1. The molecule has 1 atom stereocenters. The largest absolute Gasteiger partial charge is 0.497 e. The van der Waals surface area contributed by atoms with Gasteiger partial charge in [0.05, 0.1) is 31.4 Å². The van der Waals surface area contributed by atoms with E-state index in [4.69, 9.17) is 24.7 Å². The Morgan fingerprint density at radius 2 is 1.84 bits per heavy atom. The Kier molecular flexibility index (Phi) is 6.75. The number of ether oxygens (including phenoxy) is 4. The SMILES string of the molecule is COc1ccc(OC)c(-c2[nH]nc3c2[C@H](c2cc(Br)ccc2OCc2ccccc2)C(C#N)=C(N)O3)c1. The van der Waals surface area contributed by atoms with Gasteiger partial charge in [0.2, 0.25) is 11.8 Å². The number of rotatable bonds is 7. The normalized spacial score (nSPS) is 14.4. The topological polar surface area (TPSA) is 115 Å². The van der Waals surface area contributed by atoms with Gasteiger partial charge >= 0.3 is 0 Å². The standard InChI is InChI=1S/C28H23BrN4O4/c1-34-18-9-11-22(35-2)20(13-18)26-25-24(21(14-30)27(31)37-28(25)33-32-26)19-12-17(29)8-10-23(19)36-15-16-6-4-3-5-7-16/h3-13,24H,15,31H2,1-2H3,(H,32,33)/t24-/m1/s1. The van der Waals surface area contributed by atoms with Crippen molar-refractivity contribution >= 4 is 15.9 Å². The van der Waals surface area contributed by atoms with Crippen LogP contribution >= 0.6 is 15.9 Å². The summed E-state index contributed by atoms with van der Waals surface area (Å²) < 4.78 is 24.0. The molecule has 4 aromatic rings. The van der Waals surface area contributed by atoms with Crippen LogP contribution in [0.3, 0.4) is 0 Å². The van der Waals surface area contributed by atoms with E-state index >= 15 is 0 Å². The van der Waals surface area contributed by atoms with Crippen LogP contribution in [0.2, 0.25) is 0 Å². The van der Waals surface area contributed by atoms with E-state index in [0.29, 0.717) is 40.7 Å². The van der Waals surface area contributed by atoms with Gasteiger partial charge in [-0.15, -0.1) is 5.10 Å². The van der Waals surface area contributed by atoms with Gasteiger partial charge in [0.1, 0.15) is 35.5 Å². The minimum absolute atomic E-state index is 0.00959. The Hall–Kier alpha value is -4.42. The highest BCUT2D eigenvalue weighted by Crippen LogP contribution is 2.50. The average Bonchev–Trinajstić information content (AvgIpc) is 3.34. The lowest BCUT2D eigenvalue weighted by Crippen LogP contribution is -2.21. The molecule has 0 radical (unpaired) electrons. The molecule has 0 amide bonds. The van der Waals surface area contributed by atoms with E-state index in [0.717, 1.165) is 15.6 Å². The van der Waals surface area contributed by atoms with Gasteiger partial charge in [-0.3, -0.25) is 5.10 Å². The number of benzene rings is 3.